The van der Waals surface area contributed by atoms with E-state index in [1.165, 1.54) is 34.8 Å². The topological polar surface area (TPSA) is 103 Å². The highest BCUT2D eigenvalue weighted by Crippen LogP contribution is 2.31. The van der Waals surface area contributed by atoms with Gasteiger partial charge in [-0.3, -0.25) is 19.5 Å². The van der Waals surface area contributed by atoms with Gasteiger partial charge in [0, 0.05) is 40.2 Å². The number of carbonyl (C=O) groups is 1. The number of aryl methyl sites for hydroxylation is 1. The monoisotopic (exact) mass is 429 g/mol. The number of hydrogen-bond acceptors (Lipinski definition) is 7. The van der Waals surface area contributed by atoms with Gasteiger partial charge in [-0.15, -0.1) is 28.1 Å². The summed E-state index contributed by atoms with van der Waals surface area (Å²) < 4.78 is 1.92. The van der Waals surface area contributed by atoms with Crippen molar-refractivity contribution in [1.29, 1.82) is 0 Å². The van der Waals surface area contributed by atoms with E-state index in [9.17, 15) is 14.9 Å². The van der Waals surface area contributed by atoms with Crippen LogP contribution in [0.3, 0.4) is 0 Å². The SMILES string of the molecule is C=CCn1c(SCC(=O)Nc2cccc([N+](=O)[O-])c2)nnc1-c1csc(C)c1C. The largest absolute Gasteiger partial charge is 0.325 e. The molecule has 150 valence electrons. The number of amides is 1. The predicted octanol–water partition coefficient (Wildman–Crippen LogP) is 4.45. The number of hydrogen-bond donors (Lipinski definition) is 1. The molecule has 3 rings (SSSR count). The van der Waals surface area contributed by atoms with Crippen LogP contribution in [0.4, 0.5) is 11.4 Å². The van der Waals surface area contributed by atoms with E-state index >= 15 is 0 Å². The molecular weight excluding hydrogens is 410 g/mol. The van der Waals surface area contributed by atoms with Gasteiger partial charge in [0.2, 0.25) is 5.91 Å². The Morgan fingerprint density at radius 1 is 1.41 bits per heavy atom. The average molecular weight is 430 g/mol. The second-order valence-corrected chi connectivity index (χ2v) is 8.21. The second kappa shape index (κ2) is 9.01. The summed E-state index contributed by atoms with van der Waals surface area (Å²) in [6, 6.07) is 5.83. The Morgan fingerprint density at radius 3 is 2.86 bits per heavy atom. The number of nitrogens with zero attached hydrogens (tertiary/aromatic N) is 4. The molecule has 1 aromatic carbocycles. The Balaban J connectivity index is 1.72. The molecule has 0 saturated heterocycles. The number of anilines is 1. The standard InChI is InChI=1S/C19H19N5O3S2/c1-4-8-23-18(16-10-28-13(3)12(16)2)21-22-19(23)29-11-17(25)20-14-6-5-7-15(9-14)24(26)27/h4-7,9-10H,1,8,11H2,2-3H3,(H,20,25). The number of aromatic nitrogens is 3. The maximum Gasteiger partial charge on any atom is 0.271 e. The molecule has 0 unspecified atom stereocenters. The van der Waals surface area contributed by atoms with Crippen molar-refractivity contribution < 1.29 is 9.72 Å². The number of nitro benzene ring substituents is 1. The number of non-ortho nitro benzene ring substituents is 1. The highest BCUT2D eigenvalue weighted by atomic mass is 32.2. The lowest BCUT2D eigenvalue weighted by Gasteiger charge is -2.08. The summed E-state index contributed by atoms with van der Waals surface area (Å²) in [5.41, 5.74) is 2.48. The van der Waals surface area contributed by atoms with Crippen LogP contribution in [-0.4, -0.2) is 31.3 Å². The van der Waals surface area contributed by atoms with Gasteiger partial charge in [-0.2, -0.15) is 0 Å². The van der Waals surface area contributed by atoms with Gasteiger partial charge in [0.25, 0.3) is 5.69 Å². The maximum absolute atomic E-state index is 12.3. The highest BCUT2D eigenvalue weighted by Gasteiger charge is 2.18. The molecule has 8 nitrogen and oxygen atoms in total. The lowest BCUT2D eigenvalue weighted by molar-refractivity contribution is -0.384. The normalized spacial score (nSPS) is 10.7. The molecule has 0 aliphatic heterocycles. The first kappa shape index (κ1) is 20.7. The Morgan fingerprint density at radius 2 is 2.21 bits per heavy atom. The number of benzene rings is 1. The van der Waals surface area contributed by atoms with Crippen molar-refractivity contribution >= 4 is 40.4 Å². The summed E-state index contributed by atoms with van der Waals surface area (Å²) in [7, 11) is 0. The Kier molecular flexibility index (Phi) is 6.45. The molecule has 0 radical (unpaired) electrons. The van der Waals surface area contributed by atoms with Gasteiger partial charge in [-0.1, -0.05) is 23.9 Å². The molecule has 1 N–H and O–H groups in total. The van der Waals surface area contributed by atoms with E-state index in [0.29, 0.717) is 17.4 Å². The summed E-state index contributed by atoms with van der Waals surface area (Å²) in [5, 5.41) is 24.7. The summed E-state index contributed by atoms with van der Waals surface area (Å²) in [4.78, 5) is 23.9. The molecule has 0 bridgehead atoms. The van der Waals surface area contributed by atoms with Crippen molar-refractivity contribution in [3.8, 4) is 11.4 Å². The third-order valence-electron chi connectivity index (χ3n) is 4.23. The van der Waals surface area contributed by atoms with Crippen molar-refractivity contribution in [2.75, 3.05) is 11.1 Å². The van der Waals surface area contributed by atoms with Crippen molar-refractivity contribution in [2.24, 2.45) is 0 Å². The van der Waals surface area contributed by atoms with Crippen molar-refractivity contribution in [3.05, 3.63) is 62.9 Å². The van der Waals surface area contributed by atoms with E-state index in [4.69, 9.17) is 0 Å². The number of allylic oxidation sites excluding steroid dienone is 1. The van der Waals surface area contributed by atoms with Gasteiger partial charge in [-0.25, -0.2) is 0 Å². The smallest absolute Gasteiger partial charge is 0.271 e. The minimum absolute atomic E-state index is 0.0766. The van der Waals surface area contributed by atoms with Crippen LogP contribution >= 0.6 is 23.1 Å². The first-order chi connectivity index (χ1) is 13.9. The third-order valence-corrected chi connectivity index (χ3v) is 6.21. The molecule has 2 heterocycles. The van der Waals surface area contributed by atoms with Gasteiger partial charge < -0.3 is 5.32 Å². The molecule has 0 fully saturated rings. The van der Waals surface area contributed by atoms with E-state index in [2.05, 4.69) is 34.4 Å². The van der Waals surface area contributed by atoms with Gasteiger partial charge >= 0.3 is 0 Å². The molecule has 2 aromatic heterocycles. The molecular formula is C19H19N5O3S2. The highest BCUT2D eigenvalue weighted by molar-refractivity contribution is 7.99. The molecule has 1 amide bonds. The Hall–Kier alpha value is -2.98. The number of nitro groups is 1. The van der Waals surface area contributed by atoms with Crippen LogP contribution < -0.4 is 5.32 Å². The minimum atomic E-state index is -0.502. The van der Waals surface area contributed by atoms with Gasteiger partial charge in [0.1, 0.15) is 0 Å². The molecule has 0 spiro atoms. The van der Waals surface area contributed by atoms with Crippen LogP contribution in [0.15, 0.2) is 47.5 Å². The number of thiophene rings is 1. The van der Waals surface area contributed by atoms with E-state index in [1.807, 2.05) is 11.5 Å². The lowest BCUT2D eigenvalue weighted by atomic mass is 10.1. The van der Waals surface area contributed by atoms with Gasteiger partial charge in [0.05, 0.1) is 10.7 Å². The average Bonchev–Trinajstić information content (AvgIpc) is 3.24. The van der Waals surface area contributed by atoms with Crippen molar-refractivity contribution in [3.63, 3.8) is 0 Å². The zero-order valence-corrected chi connectivity index (χ0v) is 17.5. The van der Waals surface area contributed by atoms with Crippen LogP contribution in [-0.2, 0) is 11.3 Å². The van der Waals surface area contributed by atoms with Crippen molar-refractivity contribution in [2.45, 2.75) is 25.5 Å². The molecule has 0 atom stereocenters. The molecule has 3 aromatic rings. The molecule has 0 saturated carbocycles. The first-order valence-electron chi connectivity index (χ1n) is 8.67. The van der Waals surface area contributed by atoms with Crippen LogP contribution in [0.2, 0.25) is 0 Å². The summed E-state index contributed by atoms with van der Waals surface area (Å²) >= 11 is 2.91. The van der Waals surface area contributed by atoms with Crippen molar-refractivity contribution in [1.82, 2.24) is 14.8 Å². The maximum atomic E-state index is 12.3. The quantitative estimate of drug-likeness (QED) is 0.246. The molecule has 0 aliphatic rings. The number of rotatable bonds is 8. The fourth-order valence-electron chi connectivity index (χ4n) is 2.65. The van der Waals surface area contributed by atoms with E-state index < -0.39 is 4.92 Å². The van der Waals surface area contributed by atoms with Crippen LogP contribution in [0, 0.1) is 24.0 Å². The van der Waals surface area contributed by atoms with Gasteiger partial charge in [-0.05, 0) is 25.5 Å². The van der Waals surface area contributed by atoms with E-state index in [1.54, 1.807) is 23.5 Å². The Bertz CT molecular complexity index is 1070. The summed E-state index contributed by atoms with van der Waals surface area (Å²) in [6.45, 7) is 8.42. The van der Waals surface area contributed by atoms with Gasteiger partial charge in [0.15, 0.2) is 11.0 Å². The molecule has 0 aliphatic carbocycles. The number of nitrogens with one attached hydrogen (secondary N) is 1. The minimum Gasteiger partial charge on any atom is -0.325 e. The predicted molar refractivity (Wildman–Crippen MR) is 115 cm³/mol. The number of thioether (sulfide) groups is 1. The first-order valence-corrected chi connectivity index (χ1v) is 10.5. The summed E-state index contributed by atoms with van der Waals surface area (Å²) in [6.07, 6.45) is 1.76. The van der Waals surface area contributed by atoms with Crippen LogP contribution in [0.25, 0.3) is 11.4 Å². The second-order valence-electron chi connectivity index (χ2n) is 6.18. The Labute approximate surface area is 175 Å². The molecule has 29 heavy (non-hydrogen) atoms. The number of carbonyl (C=O) groups excluding carboxylic acids is 1. The molecule has 10 heteroatoms. The fraction of sp³-hybridized carbons (Fsp3) is 0.211. The zero-order chi connectivity index (χ0) is 21.0. The van der Waals surface area contributed by atoms with E-state index in [-0.39, 0.29) is 17.3 Å². The van der Waals surface area contributed by atoms with E-state index in [0.717, 1.165) is 17.0 Å². The zero-order valence-electron chi connectivity index (χ0n) is 15.9. The fourth-order valence-corrected chi connectivity index (χ4v) is 4.26. The third kappa shape index (κ3) is 4.72. The van der Waals surface area contributed by atoms with Crippen LogP contribution in [0.5, 0.6) is 0 Å². The lowest BCUT2D eigenvalue weighted by Crippen LogP contribution is -2.14. The summed E-state index contributed by atoms with van der Waals surface area (Å²) in [5.74, 6) is 0.556. The van der Waals surface area contributed by atoms with Crippen LogP contribution in [0.1, 0.15) is 10.4 Å².